The Hall–Kier alpha value is -2.58. The Balaban J connectivity index is 4.22. The van der Waals surface area contributed by atoms with E-state index in [0.29, 0.717) is 17.4 Å². The number of likely N-dealkylation sites (N-methyl/N-ethyl adjacent to an activating group) is 1. The van der Waals surface area contributed by atoms with E-state index >= 15 is 0 Å². The predicted molar refractivity (Wildman–Crippen MR) is 341 cm³/mol. The third-order valence-electron chi connectivity index (χ3n) is 14.3. The van der Waals surface area contributed by atoms with Gasteiger partial charge in [-0.2, -0.15) is 0 Å². The summed E-state index contributed by atoms with van der Waals surface area (Å²) in [5, 5.41) is 14.0. The van der Waals surface area contributed by atoms with Gasteiger partial charge in [0.15, 0.2) is 0 Å². The first-order valence-corrected chi connectivity index (χ1v) is 34.1. The fraction of sp³-hybridized carbons (Fsp3) is 0.754. The average Bonchev–Trinajstić information content (AvgIpc) is 3.41. The minimum atomic E-state index is -4.37. The van der Waals surface area contributed by atoms with Crippen LogP contribution in [0.25, 0.3) is 0 Å². The van der Waals surface area contributed by atoms with Crippen LogP contribution in [0.4, 0.5) is 0 Å². The number of nitrogens with zero attached hydrogens (tertiary/aromatic N) is 1. The molecule has 0 aliphatic heterocycles. The molecule has 0 saturated carbocycles. The van der Waals surface area contributed by atoms with Gasteiger partial charge >= 0.3 is 7.82 Å². The molecule has 0 rings (SSSR count). The van der Waals surface area contributed by atoms with Crippen molar-refractivity contribution in [2.75, 3.05) is 40.9 Å². The molecule has 452 valence electrons. The maximum Gasteiger partial charge on any atom is 0.472 e. The van der Waals surface area contributed by atoms with Crippen molar-refractivity contribution in [1.29, 1.82) is 0 Å². The smallest absolute Gasteiger partial charge is 0.387 e. The number of nitrogens with one attached hydrogen (secondary N) is 1. The summed E-state index contributed by atoms with van der Waals surface area (Å²) in [6.07, 6.45) is 85.4. The summed E-state index contributed by atoms with van der Waals surface area (Å²) in [7, 11) is 1.54. The number of rotatable bonds is 59. The summed E-state index contributed by atoms with van der Waals surface area (Å²) in [4.78, 5) is 23.4. The van der Waals surface area contributed by atoms with Crippen LogP contribution in [0.2, 0.25) is 0 Å². The van der Waals surface area contributed by atoms with Crippen LogP contribution in [0.15, 0.2) is 97.2 Å². The molecule has 8 nitrogen and oxygen atoms in total. The molecule has 0 aliphatic rings. The molecule has 3 unspecified atom stereocenters. The van der Waals surface area contributed by atoms with Gasteiger partial charge in [-0.3, -0.25) is 13.8 Å². The van der Waals surface area contributed by atoms with Crippen LogP contribution in [0.3, 0.4) is 0 Å². The number of unbranched alkanes of at least 4 members (excludes halogenated alkanes) is 32. The number of amides is 1. The third kappa shape index (κ3) is 61.0. The second-order valence-electron chi connectivity index (χ2n) is 23.1. The first-order chi connectivity index (χ1) is 38.0. The zero-order valence-corrected chi connectivity index (χ0v) is 52.5. The van der Waals surface area contributed by atoms with Crippen molar-refractivity contribution < 1.29 is 32.9 Å². The molecule has 78 heavy (non-hydrogen) atoms. The normalized spacial score (nSPS) is 14.4. The number of phosphoric acid groups is 1. The largest absolute Gasteiger partial charge is 0.472 e. The molecule has 0 radical (unpaired) electrons. The number of allylic oxidation sites excluding steroid dienone is 15. The molecule has 0 aromatic rings. The molecule has 3 atom stereocenters. The molecular formula is C69H126N2O6P+. The minimum absolute atomic E-state index is 0.0488. The van der Waals surface area contributed by atoms with Crippen LogP contribution in [0, 0.1) is 0 Å². The molecule has 0 saturated heterocycles. The van der Waals surface area contributed by atoms with Crippen molar-refractivity contribution in [2.24, 2.45) is 0 Å². The zero-order chi connectivity index (χ0) is 57.0. The van der Waals surface area contributed by atoms with Gasteiger partial charge in [-0.05, 0) is 89.9 Å². The molecule has 0 bridgehead atoms. The highest BCUT2D eigenvalue weighted by molar-refractivity contribution is 7.47. The molecule has 3 N–H and O–H groups in total. The van der Waals surface area contributed by atoms with E-state index in [-0.39, 0.29) is 19.1 Å². The summed E-state index contributed by atoms with van der Waals surface area (Å²) in [5.74, 6) is -0.196. The lowest BCUT2D eigenvalue weighted by Crippen LogP contribution is -2.45. The van der Waals surface area contributed by atoms with Gasteiger partial charge in [0.1, 0.15) is 13.2 Å². The Bertz CT molecular complexity index is 1590. The van der Waals surface area contributed by atoms with E-state index in [4.69, 9.17) is 9.05 Å². The lowest BCUT2D eigenvalue weighted by atomic mass is 10.0. The van der Waals surface area contributed by atoms with Gasteiger partial charge in [0.25, 0.3) is 0 Å². The Labute approximate surface area is 483 Å². The van der Waals surface area contributed by atoms with Crippen LogP contribution < -0.4 is 5.32 Å². The minimum Gasteiger partial charge on any atom is -0.387 e. The predicted octanol–water partition coefficient (Wildman–Crippen LogP) is 20.5. The molecule has 0 aromatic carbocycles. The highest BCUT2D eigenvalue weighted by atomic mass is 31.2. The monoisotopic (exact) mass is 1110 g/mol. The maximum absolute atomic E-state index is 13.0. The molecular weight excluding hydrogens is 984 g/mol. The average molecular weight is 1110 g/mol. The van der Waals surface area contributed by atoms with Crippen LogP contribution >= 0.6 is 7.82 Å². The van der Waals surface area contributed by atoms with Gasteiger partial charge in [-0.1, -0.05) is 284 Å². The SMILES string of the molecule is CC/C=C\C/C=C\C/C=C\C/C=C\C/C=C\CCCCCCCCCCCCCC(=O)NC(COP(=O)(O)OCC[N+](C)(C)C)C(O)/C=C/CC/C=C/CC/C=C/CCCCCCCCCCCCCCCCCCCCC. The Morgan fingerprint density at radius 3 is 1.18 bits per heavy atom. The molecule has 9 heteroatoms. The highest BCUT2D eigenvalue weighted by Crippen LogP contribution is 2.43. The lowest BCUT2D eigenvalue weighted by Gasteiger charge is -2.25. The quantitative estimate of drug-likeness (QED) is 0.0243. The number of hydrogen-bond acceptors (Lipinski definition) is 5. The van der Waals surface area contributed by atoms with Gasteiger partial charge in [0.05, 0.1) is 39.9 Å². The molecule has 0 aliphatic carbocycles. The van der Waals surface area contributed by atoms with Crippen molar-refractivity contribution in [1.82, 2.24) is 5.32 Å². The lowest BCUT2D eigenvalue weighted by molar-refractivity contribution is -0.870. The van der Waals surface area contributed by atoms with E-state index in [1.807, 2.05) is 27.2 Å². The van der Waals surface area contributed by atoms with E-state index in [1.165, 1.54) is 186 Å². The van der Waals surface area contributed by atoms with Gasteiger partial charge in [0, 0.05) is 6.42 Å². The van der Waals surface area contributed by atoms with Crippen molar-refractivity contribution in [2.45, 2.75) is 296 Å². The van der Waals surface area contributed by atoms with E-state index in [1.54, 1.807) is 6.08 Å². The maximum atomic E-state index is 13.0. The van der Waals surface area contributed by atoms with Gasteiger partial charge in [0.2, 0.25) is 5.91 Å². The van der Waals surface area contributed by atoms with E-state index in [9.17, 15) is 19.4 Å². The number of aliphatic hydroxyl groups excluding tert-OH is 1. The van der Waals surface area contributed by atoms with Crippen LogP contribution in [-0.2, 0) is 18.4 Å². The van der Waals surface area contributed by atoms with Crippen LogP contribution in [0.1, 0.15) is 284 Å². The Kier molecular flexibility index (Phi) is 57.1. The Morgan fingerprint density at radius 2 is 0.782 bits per heavy atom. The topological polar surface area (TPSA) is 105 Å². The number of hydrogen-bond donors (Lipinski definition) is 3. The molecule has 0 heterocycles. The number of phosphoric ester groups is 1. The van der Waals surface area contributed by atoms with Crippen LogP contribution in [0.5, 0.6) is 0 Å². The molecule has 0 aromatic heterocycles. The number of aliphatic hydroxyl groups is 1. The second kappa shape index (κ2) is 59.1. The van der Waals surface area contributed by atoms with Crippen molar-refractivity contribution in [3.05, 3.63) is 97.2 Å². The van der Waals surface area contributed by atoms with Crippen molar-refractivity contribution >= 4 is 13.7 Å². The standard InChI is InChI=1S/C69H125N2O6P/c1-6-8-10-12-14-16-18-20-22-24-26-28-30-32-34-35-37-38-40-42-44-46-48-50-52-54-56-58-60-62-68(72)67(66-77-78(74,75)76-65-64-71(3,4)5)70-69(73)63-61-59-57-55-53-51-49-47-45-43-41-39-36-33-31-29-27-25-23-21-19-17-15-13-11-9-7-2/h9,11,15,17,21,23,27,29,33,36,44,46,52,54,60,62,67-68,72H,6-8,10,12-14,16,18-20,22,24-26,28,30-32,34-35,37-43,45,47-51,53,55-59,61,63-66H2,1-5H3,(H-,70,73,74,75)/p+1/b11-9-,17-15-,23-21-,29-27-,36-33-,46-44+,54-52+,62-60+. The summed E-state index contributed by atoms with van der Waals surface area (Å²) >= 11 is 0. The highest BCUT2D eigenvalue weighted by Gasteiger charge is 2.27. The first kappa shape index (κ1) is 75.4. The molecule has 1 amide bonds. The fourth-order valence-corrected chi connectivity index (χ4v) is 9.96. The van der Waals surface area contributed by atoms with Gasteiger partial charge in [-0.25, -0.2) is 4.57 Å². The third-order valence-corrected chi connectivity index (χ3v) is 15.2. The zero-order valence-electron chi connectivity index (χ0n) is 51.6. The number of carbonyl (C=O) groups excluding carboxylic acids is 1. The number of quaternary nitrogens is 1. The Morgan fingerprint density at radius 1 is 0.449 bits per heavy atom. The van der Waals surface area contributed by atoms with E-state index < -0.39 is 20.0 Å². The summed E-state index contributed by atoms with van der Waals surface area (Å²) in [6, 6.07) is -0.879. The fourth-order valence-electron chi connectivity index (χ4n) is 9.22. The summed E-state index contributed by atoms with van der Waals surface area (Å²) in [5.41, 5.74) is 0. The number of carbonyl (C=O) groups is 1. The van der Waals surface area contributed by atoms with Gasteiger partial charge < -0.3 is 19.8 Å². The second-order valence-corrected chi connectivity index (χ2v) is 24.5. The summed E-state index contributed by atoms with van der Waals surface area (Å²) in [6.45, 7) is 4.69. The van der Waals surface area contributed by atoms with Crippen LogP contribution in [-0.4, -0.2) is 73.4 Å². The first-order valence-electron chi connectivity index (χ1n) is 32.6. The van der Waals surface area contributed by atoms with Gasteiger partial charge in [-0.15, -0.1) is 0 Å². The van der Waals surface area contributed by atoms with Crippen molar-refractivity contribution in [3.63, 3.8) is 0 Å². The van der Waals surface area contributed by atoms with Crippen molar-refractivity contribution in [3.8, 4) is 0 Å². The van der Waals surface area contributed by atoms with E-state index in [0.717, 1.165) is 77.0 Å². The van der Waals surface area contributed by atoms with E-state index in [2.05, 4.69) is 104 Å². The molecule has 0 fully saturated rings. The summed E-state index contributed by atoms with van der Waals surface area (Å²) < 4.78 is 23.8. The molecule has 0 spiro atoms.